The van der Waals surface area contributed by atoms with Crippen LogP contribution in [0.1, 0.15) is 21.7 Å². The number of hydrogen-bond acceptors (Lipinski definition) is 4. The fourth-order valence-electron chi connectivity index (χ4n) is 2.41. The number of nitrogen functional groups attached to an aromatic ring is 1. The van der Waals surface area contributed by atoms with Gasteiger partial charge in [0.1, 0.15) is 0 Å². The van der Waals surface area contributed by atoms with E-state index in [1.807, 2.05) is 38.1 Å². The zero-order valence-corrected chi connectivity index (χ0v) is 11.8. The molecule has 1 amide bonds. The Kier molecular flexibility index (Phi) is 2.86. The molecule has 4 N–H and O–H groups in total. The van der Waals surface area contributed by atoms with Crippen LogP contribution in [-0.4, -0.2) is 20.7 Å². The summed E-state index contributed by atoms with van der Waals surface area (Å²) in [5.74, 6) is -0.547. The van der Waals surface area contributed by atoms with Gasteiger partial charge in [-0.3, -0.25) is 9.78 Å². The first kappa shape index (κ1) is 13.1. The van der Waals surface area contributed by atoms with Crippen LogP contribution in [0.5, 0.6) is 0 Å². The Hall–Kier alpha value is -2.89. The highest BCUT2D eigenvalue weighted by Gasteiger charge is 2.19. The molecule has 3 aromatic rings. The van der Waals surface area contributed by atoms with Gasteiger partial charge < -0.3 is 11.5 Å². The lowest BCUT2D eigenvalue weighted by atomic mass is 10.1. The molecule has 0 bridgehead atoms. The summed E-state index contributed by atoms with van der Waals surface area (Å²) in [6.45, 7) is 3.68. The molecule has 0 unspecified atom stereocenters. The lowest BCUT2D eigenvalue weighted by molar-refractivity contribution is 0.1000. The smallest absolute Gasteiger partial charge is 0.252 e. The number of para-hydroxylation sites is 1. The Morgan fingerprint density at radius 2 is 1.95 bits per heavy atom. The van der Waals surface area contributed by atoms with Crippen molar-refractivity contribution in [1.29, 1.82) is 0 Å². The molecule has 0 atom stereocenters. The average molecular weight is 281 g/mol. The highest BCUT2D eigenvalue weighted by molar-refractivity contribution is 6.03. The maximum Gasteiger partial charge on any atom is 0.252 e. The molecule has 2 heterocycles. The van der Waals surface area contributed by atoms with Gasteiger partial charge in [0.05, 0.1) is 33.8 Å². The van der Waals surface area contributed by atoms with Crippen molar-refractivity contribution in [1.82, 2.24) is 14.8 Å². The largest absolute Gasteiger partial charge is 0.396 e. The van der Waals surface area contributed by atoms with E-state index in [1.165, 1.54) is 6.20 Å². The Morgan fingerprint density at radius 1 is 1.24 bits per heavy atom. The number of carbonyl (C=O) groups is 1. The van der Waals surface area contributed by atoms with Crippen molar-refractivity contribution in [2.75, 3.05) is 5.73 Å². The van der Waals surface area contributed by atoms with Gasteiger partial charge >= 0.3 is 0 Å². The van der Waals surface area contributed by atoms with Crippen LogP contribution in [0.15, 0.2) is 30.5 Å². The minimum Gasteiger partial charge on any atom is -0.396 e. The summed E-state index contributed by atoms with van der Waals surface area (Å²) >= 11 is 0. The lowest BCUT2D eigenvalue weighted by Crippen LogP contribution is -2.16. The van der Waals surface area contributed by atoms with E-state index >= 15 is 0 Å². The normalized spacial score (nSPS) is 11.0. The van der Waals surface area contributed by atoms with Gasteiger partial charge in [-0.1, -0.05) is 18.2 Å². The van der Waals surface area contributed by atoms with E-state index in [0.29, 0.717) is 22.6 Å². The van der Waals surface area contributed by atoms with Crippen LogP contribution >= 0.6 is 0 Å². The number of primary amides is 1. The molecule has 0 aliphatic rings. The first-order chi connectivity index (χ1) is 10.0. The zero-order chi connectivity index (χ0) is 15.1. The third-order valence-electron chi connectivity index (χ3n) is 3.57. The number of aromatic nitrogens is 3. The quantitative estimate of drug-likeness (QED) is 0.746. The highest BCUT2D eigenvalue weighted by atomic mass is 16.1. The fourth-order valence-corrected chi connectivity index (χ4v) is 2.41. The van der Waals surface area contributed by atoms with Crippen molar-refractivity contribution < 1.29 is 4.79 Å². The van der Waals surface area contributed by atoms with Crippen molar-refractivity contribution >= 4 is 22.5 Å². The van der Waals surface area contributed by atoms with Gasteiger partial charge in [0.25, 0.3) is 5.91 Å². The topological polar surface area (TPSA) is 99.8 Å². The monoisotopic (exact) mass is 281 g/mol. The van der Waals surface area contributed by atoms with Crippen molar-refractivity contribution in [3.05, 3.63) is 47.4 Å². The van der Waals surface area contributed by atoms with E-state index < -0.39 is 5.91 Å². The third kappa shape index (κ3) is 1.92. The van der Waals surface area contributed by atoms with Gasteiger partial charge in [0.15, 0.2) is 0 Å². The summed E-state index contributed by atoms with van der Waals surface area (Å²) in [5.41, 5.74) is 15.3. The second-order valence-corrected chi connectivity index (χ2v) is 4.90. The number of nitrogens with two attached hydrogens (primary N) is 2. The molecule has 1 aromatic carbocycles. The molecule has 3 rings (SSSR count). The van der Waals surface area contributed by atoms with Gasteiger partial charge in [-0.25, -0.2) is 4.68 Å². The molecular formula is C15H15N5O. The molecule has 0 spiro atoms. The number of fused-ring (bicyclic) bond motifs is 1. The standard InChI is InChI=1S/C15H15N5O/c1-8-13(16)9(2)20(19-8)14-10-5-3-4-6-12(10)18-7-11(14)15(17)21/h3-7H,16H2,1-2H3,(H2,17,21). The first-order valence-electron chi connectivity index (χ1n) is 6.50. The number of anilines is 1. The number of aryl methyl sites for hydroxylation is 1. The maximum absolute atomic E-state index is 11.8. The van der Waals surface area contributed by atoms with Crippen LogP contribution in [0.25, 0.3) is 16.6 Å². The molecule has 0 fully saturated rings. The van der Waals surface area contributed by atoms with E-state index in [4.69, 9.17) is 11.5 Å². The zero-order valence-electron chi connectivity index (χ0n) is 11.8. The predicted octanol–water partition coefficient (Wildman–Crippen LogP) is 1.72. The number of hydrogen-bond donors (Lipinski definition) is 2. The molecule has 0 saturated carbocycles. The Labute approximate surface area is 121 Å². The number of benzene rings is 1. The number of rotatable bonds is 2. The lowest BCUT2D eigenvalue weighted by Gasteiger charge is -2.12. The molecule has 106 valence electrons. The van der Waals surface area contributed by atoms with Crippen molar-refractivity contribution in [2.24, 2.45) is 5.73 Å². The van der Waals surface area contributed by atoms with E-state index in [1.54, 1.807) is 4.68 Å². The average Bonchev–Trinajstić information content (AvgIpc) is 2.73. The Morgan fingerprint density at radius 3 is 2.57 bits per heavy atom. The first-order valence-corrected chi connectivity index (χ1v) is 6.50. The van der Waals surface area contributed by atoms with Gasteiger partial charge in [0.2, 0.25) is 0 Å². The van der Waals surface area contributed by atoms with E-state index in [9.17, 15) is 4.79 Å². The molecule has 2 aromatic heterocycles. The van der Waals surface area contributed by atoms with Crippen LogP contribution in [0, 0.1) is 13.8 Å². The van der Waals surface area contributed by atoms with E-state index in [0.717, 1.165) is 16.6 Å². The van der Waals surface area contributed by atoms with Crippen molar-refractivity contribution in [2.45, 2.75) is 13.8 Å². The summed E-state index contributed by atoms with van der Waals surface area (Å²) in [6.07, 6.45) is 1.48. The number of carbonyl (C=O) groups excluding carboxylic acids is 1. The van der Waals surface area contributed by atoms with Gasteiger partial charge in [-0.15, -0.1) is 0 Å². The summed E-state index contributed by atoms with van der Waals surface area (Å²) in [7, 11) is 0. The molecule has 6 heteroatoms. The molecule has 0 saturated heterocycles. The van der Waals surface area contributed by atoms with Gasteiger partial charge in [-0.05, 0) is 19.9 Å². The van der Waals surface area contributed by atoms with Crippen LogP contribution in [0.2, 0.25) is 0 Å². The molecule has 0 radical (unpaired) electrons. The predicted molar refractivity (Wildman–Crippen MR) is 81.3 cm³/mol. The maximum atomic E-state index is 11.8. The highest BCUT2D eigenvalue weighted by Crippen LogP contribution is 2.27. The SMILES string of the molecule is Cc1nn(-c2c(C(N)=O)cnc3ccccc23)c(C)c1N. The molecular weight excluding hydrogens is 266 g/mol. The van der Waals surface area contributed by atoms with Crippen LogP contribution < -0.4 is 11.5 Å². The molecule has 0 aliphatic heterocycles. The molecule has 0 aliphatic carbocycles. The fraction of sp³-hybridized carbons (Fsp3) is 0.133. The van der Waals surface area contributed by atoms with Crippen molar-refractivity contribution in [3.8, 4) is 5.69 Å². The number of nitrogens with zero attached hydrogens (tertiary/aromatic N) is 3. The Bertz CT molecular complexity index is 866. The summed E-state index contributed by atoms with van der Waals surface area (Å²) in [4.78, 5) is 16.0. The Balaban J connectivity index is 2.46. The minimum absolute atomic E-state index is 0.319. The minimum atomic E-state index is -0.547. The van der Waals surface area contributed by atoms with E-state index in [-0.39, 0.29) is 0 Å². The van der Waals surface area contributed by atoms with Crippen molar-refractivity contribution in [3.63, 3.8) is 0 Å². The van der Waals surface area contributed by atoms with E-state index in [2.05, 4.69) is 10.1 Å². The summed E-state index contributed by atoms with van der Waals surface area (Å²) < 4.78 is 1.66. The van der Waals surface area contributed by atoms with Crippen LogP contribution in [0.3, 0.4) is 0 Å². The van der Waals surface area contributed by atoms with Crippen LogP contribution in [0.4, 0.5) is 5.69 Å². The summed E-state index contributed by atoms with van der Waals surface area (Å²) in [6, 6.07) is 7.53. The third-order valence-corrected chi connectivity index (χ3v) is 3.57. The van der Waals surface area contributed by atoms with Gasteiger partial charge in [0, 0.05) is 11.6 Å². The summed E-state index contributed by atoms with van der Waals surface area (Å²) in [5, 5.41) is 5.23. The number of amides is 1. The van der Waals surface area contributed by atoms with Gasteiger partial charge in [-0.2, -0.15) is 5.10 Å². The number of pyridine rings is 1. The second-order valence-electron chi connectivity index (χ2n) is 4.90. The molecule has 21 heavy (non-hydrogen) atoms. The van der Waals surface area contributed by atoms with Crippen LogP contribution in [-0.2, 0) is 0 Å². The second kappa shape index (κ2) is 4.59. The molecule has 6 nitrogen and oxygen atoms in total.